The predicted molar refractivity (Wildman–Crippen MR) is 113 cm³/mol. The molecule has 0 N–H and O–H groups in total. The first kappa shape index (κ1) is 18.4. The molecule has 1 saturated heterocycles. The van der Waals surface area contributed by atoms with Crippen LogP contribution in [-0.4, -0.2) is 63.2 Å². The number of aromatic nitrogens is 4. The van der Waals surface area contributed by atoms with E-state index in [1.54, 1.807) is 6.33 Å². The maximum Gasteiger partial charge on any atom is 0.224 e. The van der Waals surface area contributed by atoms with Gasteiger partial charge in [0, 0.05) is 63.8 Å². The average Bonchev–Trinajstić information content (AvgIpc) is 3.14. The molecule has 0 unspecified atom stereocenters. The quantitative estimate of drug-likeness (QED) is 0.643. The topological polar surface area (TPSA) is 59.3 Å². The molecule has 0 atom stereocenters. The van der Waals surface area contributed by atoms with E-state index in [9.17, 15) is 0 Å². The normalized spacial score (nSPS) is 18.2. The van der Waals surface area contributed by atoms with Crippen LogP contribution in [0.2, 0.25) is 0 Å². The highest BCUT2D eigenvalue weighted by Crippen LogP contribution is 2.31. The number of ether oxygens (including phenoxy) is 1. The van der Waals surface area contributed by atoms with E-state index in [2.05, 4.69) is 54.6 Å². The summed E-state index contributed by atoms with van der Waals surface area (Å²) in [5.74, 6) is 0.733. The highest BCUT2D eigenvalue weighted by molar-refractivity contribution is 5.86. The van der Waals surface area contributed by atoms with Gasteiger partial charge >= 0.3 is 0 Å². The SMILES string of the molecule is Cn1cncc1CCN1CCN(c2ccc3ncnc(OC4CCC4)c3c2)CC1. The molecule has 0 amide bonds. The summed E-state index contributed by atoms with van der Waals surface area (Å²) in [4.78, 5) is 18.0. The standard InChI is InChI=1S/C22H28N6O/c1-26-16-23-14-18(26)7-8-27-9-11-28(12-10-27)17-5-6-21-20(13-17)22(25-15-24-21)29-19-3-2-4-19/h5-6,13-16,19H,2-4,7-12H2,1H3. The van der Waals surface area contributed by atoms with Gasteiger partial charge in [-0.1, -0.05) is 0 Å². The molecule has 2 aliphatic rings. The van der Waals surface area contributed by atoms with Crippen molar-refractivity contribution in [3.8, 4) is 5.88 Å². The van der Waals surface area contributed by atoms with E-state index in [0.717, 1.165) is 68.8 Å². The van der Waals surface area contributed by atoms with Crippen molar-refractivity contribution >= 4 is 16.6 Å². The lowest BCUT2D eigenvalue weighted by Gasteiger charge is -2.36. The fraction of sp³-hybridized carbons (Fsp3) is 0.500. The minimum Gasteiger partial charge on any atom is -0.474 e. The molecule has 0 bridgehead atoms. The largest absolute Gasteiger partial charge is 0.474 e. The van der Waals surface area contributed by atoms with E-state index in [1.165, 1.54) is 17.8 Å². The van der Waals surface area contributed by atoms with Gasteiger partial charge in [0.05, 0.1) is 17.2 Å². The van der Waals surface area contributed by atoms with E-state index in [0.29, 0.717) is 6.10 Å². The molecule has 5 rings (SSSR count). The number of aryl methyl sites for hydroxylation is 1. The molecule has 7 heteroatoms. The maximum absolute atomic E-state index is 6.11. The van der Waals surface area contributed by atoms with Gasteiger partial charge in [0.2, 0.25) is 5.88 Å². The zero-order chi connectivity index (χ0) is 19.6. The van der Waals surface area contributed by atoms with Crippen LogP contribution in [0, 0.1) is 0 Å². The second-order valence-corrected chi connectivity index (χ2v) is 8.13. The summed E-state index contributed by atoms with van der Waals surface area (Å²) in [6.07, 6.45) is 10.3. The monoisotopic (exact) mass is 392 g/mol. The first-order chi connectivity index (χ1) is 14.3. The number of rotatable bonds is 6. The third kappa shape index (κ3) is 3.92. The van der Waals surface area contributed by atoms with Crippen molar-refractivity contribution in [3.63, 3.8) is 0 Å². The molecule has 3 heterocycles. The number of benzene rings is 1. The van der Waals surface area contributed by atoms with Gasteiger partial charge in [0.15, 0.2) is 0 Å². The van der Waals surface area contributed by atoms with Gasteiger partial charge < -0.3 is 14.2 Å². The second-order valence-electron chi connectivity index (χ2n) is 8.13. The summed E-state index contributed by atoms with van der Waals surface area (Å²) in [5, 5.41) is 1.02. The average molecular weight is 393 g/mol. The van der Waals surface area contributed by atoms with Gasteiger partial charge in [-0.2, -0.15) is 0 Å². The van der Waals surface area contributed by atoms with E-state index in [1.807, 2.05) is 12.5 Å². The van der Waals surface area contributed by atoms with Crippen LogP contribution < -0.4 is 9.64 Å². The highest BCUT2D eigenvalue weighted by Gasteiger charge is 2.22. The van der Waals surface area contributed by atoms with Gasteiger partial charge in [-0.3, -0.25) is 4.90 Å². The first-order valence-corrected chi connectivity index (χ1v) is 10.6. The molecule has 1 aromatic carbocycles. The Labute approximate surface area is 171 Å². The highest BCUT2D eigenvalue weighted by atomic mass is 16.5. The molecular formula is C22H28N6O. The van der Waals surface area contributed by atoms with Crippen molar-refractivity contribution in [2.75, 3.05) is 37.6 Å². The maximum atomic E-state index is 6.11. The van der Waals surface area contributed by atoms with Crippen LogP contribution in [-0.2, 0) is 13.5 Å². The van der Waals surface area contributed by atoms with Crippen LogP contribution in [0.3, 0.4) is 0 Å². The summed E-state index contributed by atoms with van der Waals surface area (Å²) in [7, 11) is 2.06. The summed E-state index contributed by atoms with van der Waals surface area (Å²) < 4.78 is 8.22. The van der Waals surface area contributed by atoms with Crippen LogP contribution in [0.5, 0.6) is 5.88 Å². The van der Waals surface area contributed by atoms with Gasteiger partial charge in [-0.05, 0) is 37.5 Å². The summed E-state index contributed by atoms with van der Waals surface area (Å²) >= 11 is 0. The van der Waals surface area contributed by atoms with Crippen LogP contribution in [0.25, 0.3) is 10.9 Å². The third-order valence-electron chi connectivity index (χ3n) is 6.25. The van der Waals surface area contributed by atoms with Crippen LogP contribution in [0.1, 0.15) is 25.0 Å². The molecule has 1 saturated carbocycles. The zero-order valence-electron chi connectivity index (χ0n) is 17.0. The minimum absolute atomic E-state index is 0.319. The second kappa shape index (κ2) is 7.99. The lowest BCUT2D eigenvalue weighted by Crippen LogP contribution is -2.47. The Hall–Kier alpha value is -2.67. The molecule has 2 fully saturated rings. The van der Waals surface area contributed by atoms with Crippen molar-refractivity contribution in [2.24, 2.45) is 7.05 Å². The summed E-state index contributed by atoms with van der Waals surface area (Å²) in [6.45, 7) is 5.30. The zero-order valence-corrected chi connectivity index (χ0v) is 17.0. The van der Waals surface area contributed by atoms with E-state index >= 15 is 0 Å². The fourth-order valence-corrected chi connectivity index (χ4v) is 4.09. The van der Waals surface area contributed by atoms with Crippen molar-refractivity contribution in [1.82, 2.24) is 24.4 Å². The molecular weight excluding hydrogens is 364 g/mol. The molecule has 0 spiro atoms. The van der Waals surface area contributed by atoms with Gasteiger partial charge in [-0.25, -0.2) is 15.0 Å². The van der Waals surface area contributed by atoms with Crippen molar-refractivity contribution in [1.29, 1.82) is 0 Å². The Morgan fingerprint density at radius 1 is 1.10 bits per heavy atom. The Morgan fingerprint density at radius 3 is 2.69 bits per heavy atom. The number of anilines is 1. The molecule has 1 aliphatic carbocycles. The molecule has 1 aliphatic heterocycles. The van der Waals surface area contributed by atoms with Crippen LogP contribution >= 0.6 is 0 Å². The molecule has 29 heavy (non-hydrogen) atoms. The fourth-order valence-electron chi connectivity index (χ4n) is 4.09. The Morgan fingerprint density at radius 2 is 1.97 bits per heavy atom. The Kier molecular flexibility index (Phi) is 5.06. The van der Waals surface area contributed by atoms with E-state index < -0.39 is 0 Å². The molecule has 7 nitrogen and oxygen atoms in total. The first-order valence-electron chi connectivity index (χ1n) is 10.6. The number of hydrogen-bond acceptors (Lipinski definition) is 6. The van der Waals surface area contributed by atoms with Gasteiger partial charge in [0.25, 0.3) is 0 Å². The lowest BCUT2D eigenvalue weighted by molar-refractivity contribution is 0.116. The van der Waals surface area contributed by atoms with Gasteiger partial charge in [0.1, 0.15) is 12.4 Å². The number of fused-ring (bicyclic) bond motifs is 1. The smallest absolute Gasteiger partial charge is 0.224 e. The number of imidazole rings is 1. The number of nitrogens with zero attached hydrogens (tertiary/aromatic N) is 6. The van der Waals surface area contributed by atoms with E-state index in [-0.39, 0.29) is 0 Å². The minimum atomic E-state index is 0.319. The Balaban J connectivity index is 1.24. The lowest BCUT2D eigenvalue weighted by atomic mass is 9.96. The third-order valence-corrected chi connectivity index (χ3v) is 6.25. The molecule has 152 valence electrons. The molecule has 2 aromatic heterocycles. The molecule has 3 aromatic rings. The Bertz CT molecular complexity index is 974. The number of piperazine rings is 1. The van der Waals surface area contributed by atoms with Crippen molar-refractivity contribution in [2.45, 2.75) is 31.8 Å². The predicted octanol–water partition coefficient (Wildman–Crippen LogP) is 2.66. The van der Waals surface area contributed by atoms with Crippen LogP contribution in [0.15, 0.2) is 37.1 Å². The van der Waals surface area contributed by atoms with Crippen molar-refractivity contribution in [3.05, 3.63) is 42.7 Å². The number of hydrogen-bond donors (Lipinski definition) is 0. The summed E-state index contributed by atoms with van der Waals surface area (Å²) in [6, 6.07) is 6.47. The van der Waals surface area contributed by atoms with Gasteiger partial charge in [-0.15, -0.1) is 0 Å². The molecule has 0 radical (unpaired) electrons. The van der Waals surface area contributed by atoms with E-state index in [4.69, 9.17) is 4.74 Å². The van der Waals surface area contributed by atoms with Crippen LogP contribution in [0.4, 0.5) is 5.69 Å². The summed E-state index contributed by atoms with van der Waals surface area (Å²) in [5.41, 5.74) is 3.48. The van der Waals surface area contributed by atoms with Crippen molar-refractivity contribution < 1.29 is 4.74 Å².